The highest BCUT2D eigenvalue weighted by atomic mass is 32.1. The average Bonchev–Trinajstić information content (AvgIpc) is 3.18. The summed E-state index contributed by atoms with van der Waals surface area (Å²) in [6.45, 7) is 3.58. The summed E-state index contributed by atoms with van der Waals surface area (Å²) in [5.41, 5.74) is 0. The first-order valence-electron chi connectivity index (χ1n) is 7.43. The van der Waals surface area contributed by atoms with E-state index in [2.05, 4.69) is 10.1 Å². The summed E-state index contributed by atoms with van der Waals surface area (Å²) in [6, 6.07) is 3.96. The maximum absolute atomic E-state index is 12.0. The highest BCUT2D eigenvalue weighted by Gasteiger charge is 2.28. The average molecular weight is 305 g/mol. The van der Waals surface area contributed by atoms with Crippen LogP contribution in [-0.4, -0.2) is 34.0 Å². The van der Waals surface area contributed by atoms with Gasteiger partial charge in [-0.2, -0.15) is 4.98 Å². The van der Waals surface area contributed by atoms with E-state index in [1.165, 1.54) is 0 Å². The molecular weight excluding hydrogens is 286 g/mol. The number of carbonyl (C=O) groups excluding carboxylic acids is 1. The molecule has 1 fully saturated rings. The van der Waals surface area contributed by atoms with Gasteiger partial charge in [0, 0.05) is 19.5 Å². The standard InChI is InChI=1S/C15H19N3O2S/c1-2-5-13(19)18-8-3-6-11(10-18)15-16-14(17-20-15)12-7-4-9-21-12/h4,7,9,11H,2-3,5-6,8,10H2,1H3/t11-/m0/s1. The van der Waals surface area contributed by atoms with Gasteiger partial charge in [0.15, 0.2) is 0 Å². The van der Waals surface area contributed by atoms with Gasteiger partial charge in [0.2, 0.25) is 17.6 Å². The number of aromatic nitrogens is 2. The van der Waals surface area contributed by atoms with E-state index in [0.717, 1.165) is 30.7 Å². The smallest absolute Gasteiger partial charge is 0.231 e. The Morgan fingerprint density at radius 2 is 2.48 bits per heavy atom. The van der Waals surface area contributed by atoms with Crippen LogP contribution in [0.15, 0.2) is 22.0 Å². The third-order valence-electron chi connectivity index (χ3n) is 3.77. The van der Waals surface area contributed by atoms with Crippen LogP contribution in [0.2, 0.25) is 0 Å². The minimum Gasteiger partial charge on any atom is -0.342 e. The van der Waals surface area contributed by atoms with Crippen molar-refractivity contribution in [3.8, 4) is 10.7 Å². The molecule has 0 bridgehead atoms. The molecule has 0 saturated carbocycles. The van der Waals surface area contributed by atoms with Crippen LogP contribution in [0.25, 0.3) is 10.7 Å². The number of nitrogens with zero attached hydrogens (tertiary/aromatic N) is 3. The van der Waals surface area contributed by atoms with E-state index in [-0.39, 0.29) is 11.8 Å². The van der Waals surface area contributed by atoms with Crippen molar-refractivity contribution < 1.29 is 9.32 Å². The fourth-order valence-electron chi connectivity index (χ4n) is 2.68. The highest BCUT2D eigenvalue weighted by Crippen LogP contribution is 2.29. The van der Waals surface area contributed by atoms with Crippen molar-refractivity contribution in [3.63, 3.8) is 0 Å². The van der Waals surface area contributed by atoms with Crippen molar-refractivity contribution in [2.45, 2.75) is 38.5 Å². The van der Waals surface area contributed by atoms with E-state index < -0.39 is 0 Å². The largest absolute Gasteiger partial charge is 0.342 e. The predicted octanol–water partition coefficient (Wildman–Crippen LogP) is 3.30. The maximum Gasteiger partial charge on any atom is 0.231 e. The zero-order valence-corrected chi connectivity index (χ0v) is 12.9. The second-order valence-electron chi connectivity index (χ2n) is 5.36. The fourth-order valence-corrected chi connectivity index (χ4v) is 3.33. The molecule has 0 unspecified atom stereocenters. The maximum atomic E-state index is 12.0. The molecule has 0 spiro atoms. The zero-order chi connectivity index (χ0) is 14.7. The number of hydrogen-bond acceptors (Lipinski definition) is 5. The summed E-state index contributed by atoms with van der Waals surface area (Å²) < 4.78 is 5.42. The third-order valence-corrected chi connectivity index (χ3v) is 4.64. The van der Waals surface area contributed by atoms with E-state index >= 15 is 0 Å². The Balaban J connectivity index is 1.70. The first-order valence-corrected chi connectivity index (χ1v) is 8.31. The molecule has 0 radical (unpaired) electrons. The molecule has 2 aromatic rings. The lowest BCUT2D eigenvalue weighted by Crippen LogP contribution is -2.39. The number of hydrogen-bond donors (Lipinski definition) is 0. The number of piperidine rings is 1. The van der Waals surface area contributed by atoms with Crippen molar-refractivity contribution in [2.24, 2.45) is 0 Å². The van der Waals surface area contributed by atoms with Gasteiger partial charge in [-0.1, -0.05) is 18.1 Å². The molecule has 1 aliphatic heterocycles. The Labute approximate surface area is 128 Å². The van der Waals surface area contributed by atoms with Gasteiger partial charge in [-0.3, -0.25) is 4.79 Å². The van der Waals surface area contributed by atoms with Crippen molar-refractivity contribution in [2.75, 3.05) is 13.1 Å². The first kappa shape index (κ1) is 14.3. The van der Waals surface area contributed by atoms with Crippen LogP contribution >= 0.6 is 11.3 Å². The minimum atomic E-state index is 0.167. The topological polar surface area (TPSA) is 59.2 Å². The molecule has 2 aromatic heterocycles. The van der Waals surface area contributed by atoms with Crippen LogP contribution in [0.1, 0.15) is 44.4 Å². The van der Waals surface area contributed by atoms with Crippen molar-refractivity contribution in [1.29, 1.82) is 0 Å². The van der Waals surface area contributed by atoms with Crippen LogP contribution in [0.5, 0.6) is 0 Å². The van der Waals surface area contributed by atoms with E-state index in [0.29, 0.717) is 24.7 Å². The Morgan fingerprint density at radius 3 is 3.24 bits per heavy atom. The molecule has 0 aromatic carbocycles. The Kier molecular flexibility index (Phi) is 4.34. The summed E-state index contributed by atoms with van der Waals surface area (Å²) in [5.74, 6) is 1.71. The third kappa shape index (κ3) is 3.15. The lowest BCUT2D eigenvalue weighted by atomic mass is 9.97. The number of rotatable bonds is 4. The van der Waals surface area contributed by atoms with E-state index in [1.54, 1.807) is 11.3 Å². The molecular formula is C15H19N3O2S. The van der Waals surface area contributed by atoms with Gasteiger partial charge in [-0.25, -0.2) is 0 Å². The SMILES string of the molecule is CCCC(=O)N1CCC[C@H](c2nc(-c3cccs3)no2)C1. The molecule has 3 heterocycles. The highest BCUT2D eigenvalue weighted by molar-refractivity contribution is 7.13. The monoisotopic (exact) mass is 305 g/mol. The predicted molar refractivity (Wildman–Crippen MR) is 81.1 cm³/mol. The second kappa shape index (κ2) is 6.39. The number of thiophene rings is 1. The molecule has 1 amide bonds. The van der Waals surface area contributed by atoms with E-state index in [1.807, 2.05) is 29.3 Å². The lowest BCUT2D eigenvalue weighted by Gasteiger charge is -2.31. The molecule has 1 saturated heterocycles. The molecule has 5 nitrogen and oxygen atoms in total. The zero-order valence-electron chi connectivity index (χ0n) is 12.1. The lowest BCUT2D eigenvalue weighted by molar-refractivity contribution is -0.132. The molecule has 3 rings (SSSR count). The van der Waals surface area contributed by atoms with Gasteiger partial charge < -0.3 is 9.42 Å². The van der Waals surface area contributed by atoms with Crippen LogP contribution in [0.3, 0.4) is 0 Å². The van der Waals surface area contributed by atoms with E-state index in [9.17, 15) is 4.79 Å². The Morgan fingerprint density at radius 1 is 1.57 bits per heavy atom. The van der Waals surface area contributed by atoms with Gasteiger partial charge >= 0.3 is 0 Å². The summed E-state index contributed by atoms with van der Waals surface area (Å²) in [6.07, 6.45) is 3.51. The van der Waals surface area contributed by atoms with Gasteiger partial charge in [0.25, 0.3) is 0 Å². The molecule has 1 atom stereocenters. The summed E-state index contributed by atoms with van der Waals surface area (Å²) in [5, 5.41) is 6.06. The Hall–Kier alpha value is -1.69. The molecule has 1 aliphatic rings. The molecule has 0 aliphatic carbocycles. The van der Waals surface area contributed by atoms with Crippen LogP contribution < -0.4 is 0 Å². The van der Waals surface area contributed by atoms with Gasteiger partial charge in [0.05, 0.1) is 10.8 Å². The number of amides is 1. The van der Waals surface area contributed by atoms with Crippen molar-refractivity contribution in [1.82, 2.24) is 15.0 Å². The second-order valence-corrected chi connectivity index (χ2v) is 6.31. The van der Waals surface area contributed by atoms with Gasteiger partial charge in [0.1, 0.15) is 0 Å². The fraction of sp³-hybridized carbons (Fsp3) is 0.533. The first-order chi connectivity index (χ1) is 10.3. The minimum absolute atomic E-state index is 0.167. The van der Waals surface area contributed by atoms with Crippen molar-refractivity contribution >= 4 is 17.2 Å². The summed E-state index contributed by atoms with van der Waals surface area (Å²) in [7, 11) is 0. The molecule has 21 heavy (non-hydrogen) atoms. The molecule has 6 heteroatoms. The van der Waals surface area contributed by atoms with Gasteiger partial charge in [-0.15, -0.1) is 11.3 Å². The van der Waals surface area contributed by atoms with Crippen LogP contribution in [0.4, 0.5) is 0 Å². The van der Waals surface area contributed by atoms with E-state index in [4.69, 9.17) is 4.52 Å². The quantitative estimate of drug-likeness (QED) is 0.869. The number of likely N-dealkylation sites (tertiary alicyclic amines) is 1. The normalized spacial score (nSPS) is 18.9. The summed E-state index contributed by atoms with van der Waals surface area (Å²) in [4.78, 5) is 19.5. The Bertz CT molecular complexity index is 594. The molecule has 112 valence electrons. The number of carbonyl (C=O) groups is 1. The van der Waals surface area contributed by atoms with Crippen LogP contribution in [0, 0.1) is 0 Å². The van der Waals surface area contributed by atoms with Crippen LogP contribution in [-0.2, 0) is 4.79 Å². The van der Waals surface area contributed by atoms with Crippen molar-refractivity contribution in [3.05, 3.63) is 23.4 Å². The van der Waals surface area contributed by atoms with Gasteiger partial charge in [-0.05, 0) is 30.7 Å². The summed E-state index contributed by atoms with van der Waals surface area (Å²) >= 11 is 1.60. The molecule has 0 N–H and O–H groups in total.